The first kappa shape index (κ1) is 27.4. The zero-order chi connectivity index (χ0) is 24.9. The summed E-state index contributed by atoms with van der Waals surface area (Å²) in [6.45, 7) is 12.5. The van der Waals surface area contributed by atoms with Crippen LogP contribution in [0.3, 0.4) is 0 Å². The van der Waals surface area contributed by atoms with Crippen LogP contribution in [0, 0.1) is 23.2 Å². The Morgan fingerprint density at radius 3 is 2.44 bits per heavy atom. The summed E-state index contributed by atoms with van der Waals surface area (Å²) >= 11 is 0. The first-order chi connectivity index (χ1) is 16.1. The minimum atomic E-state index is -0.478. The van der Waals surface area contributed by atoms with Gasteiger partial charge in [-0.05, 0) is 49.4 Å². The van der Waals surface area contributed by atoms with Crippen LogP contribution in [0.1, 0.15) is 53.9 Å². The highest BCUT2D eigenvalue weighted by Gasteiger charge is 2.68. The highest BCUT2D eigenvalue weighted by Crippen LogP contribution is 2.65. The van der Waals surface area contributed by atoms with Gasteiger partial charge in [-0.15, -0.1) is 0 Å². The molecule has 194 valence electrons. The molecule has 9 nitrogen and oxygen atoms in total. The number of rotatable bonds is 14. The molecule has 0 spiro atoms. The standard InChI is InChI=1S/C24H43BN2O7/c1-16(2)11-20(25-33-19-13-17-12-18(23(17,3)4)24(19,5)34-25)27-21(28)14-26-22(29)15-32-10-9-31-8-7-30-6/h16-20H,7-15H2,1-6H3,(H,26,29)(H,27,28)/t17-,18-,19+,20-,24-/m0/s1. The van der Waals surface area contributed by atoms with Gasteiger partial charge in [-0.1, -0.05) is 27.7 Å². The Kier molecular flexibility index (Phi) is 9.42. The third kappa shape index (κ3) is 6.32. The normalized spacial score (nSPS) is 30.0. The number of amides is 2. The number of carbonyl (C=O) groups is 2. The van der Waals surface area contributed by atoms with Crippen LogP contribution in [-0.4, -0.2) is 83.3 Å². The number of carbonyl (C=O) groups excluding carboxylic acids is 2. The lowest BCUT2D eigenvalue weighted by atomic mass is 9.43. The van der Waals surface area contributed by atoms with Gasteiger partial charge in [0, 0.05) is 7.11 Å². The van der Waals surface area contributed by atoms with Gasteiger partial charge in [0.05, 0.1) is 50.6 Å². The fourth-order valence-electron chi connectivity index (χ4n) is 5.83. The van der Waals surface area contributed by atoms with Gasteiger partial charge in [-0.3, -0.25) is 9.59 Å². The molecule has 10 heteroatoms. The number of nitrogens with one attached hydrogen (secondary N) is 2. The summed E-state index contributed by atoms with van der Waals surface area (Å²) < 4.78 is 28.4. The smallest absolute Gasteiger partial charge is 0.404 e. The van der Waals surface area contributed by atoms with Gasteiger partial charge in [0.2, 0.25) is 11.8 Å². The van der Waals surface area contributed by atoms with E-state index in [0.29, 0.717) is 44.2 Å². The summed E-state index contributed by atoms with van der Waals surface area (Å²) in [5.41, 5.74) is -0.0512. The van der Waals surface area contributed by atoms with Gasteiger partial charge in [-0.2, -0.15) is 0 Å². The Hall–Kier alpha value is -1.20. The van der Waals surface area contributed by atoms with Gasteiger partial charge in [-0.25, -0.2) is 0 Å². The van der Waals surface area contributed by atoms with E-state index < -0.39 is 7.12 Å². The predicted octanol–water partition coefficient (Wildman–Crippen LogP) is 1.58. The average Bonchev–Trinajstić information content (AvgIpc) is 3.13. The molecule has 2 amide bonds. The monoisotopic (exact) mass is 482 g/mol. The molecule has 4 fully saturated rings. The molecular formula is C24H43BN2O7. The summed E-state index contributed by atoms with van der Waals surface area (Å²) in [5, 5.41) is 5.65. The van der Waals surface area contributed by atoms with E-state index in [-0.39, 0.29) is 48.0 Å². The van der Waals surface area contributed by atoms with Crippen LogP contribution in [0.2, 0.25) is 0 Å². The molecule has 2 N–H and O–H groups in total. The van der Waals surface area contributed by atoms with E-state index in [1.54, 1.807) is 7.11 Å². The van der Waals surface area contributed by atoms with E-state index in [4.69, 9.17) is 23.5 Å². The van der Waals surface area contributed by atoms with E-state index in [1.807, 2.05) is 0 Å². The molecule has 3 aliphatic carbocycles. The van der Waals surface area contributed by atoms with Crippen molar-refractivity contribution in [3.63, 3.8) is 0 Å². The van der Waals surface area contributed by atoms with Crippen LogP contribution in [0.15, 0.2) is 0 Å². The SMILES string of the molecule is COCCOCCOCC(=O)NCC(=O)N[C@@H](CC(C)C)B1O[C@@H]2C[C@@H]3C[C@@H](C3(C)C)[C@]2(C)O1. The minimum Gasteiger partial charge on any atom is -0.404 e. The Morgan fingerprint density at radius 1 is 1.06 bits per heavy atom. The zero-order valence-electron chi connectivity index (χ0n) is 21.7. The van der Waals surface area contributed by atoms with Crippen molar-refractivity contribution in [2.75, 3.05) is 46.7 Å². The Morgan fingerprint density at radius 2 is 1.76 bits per heavy atom. The molecule has 1 heterocycles. The van der Waals surface area contributed by atoms with Crippen LogP contribution >= 0.6 is 0 Å². The van der Waals surface area contributed by atoms with Crippen molar-refractivity contribution < 1.29 is 33.1 Å². The molecule has 4 rings (SSSR count). The van der Waals surface area contributed by atoms with Crippen molar-refractivity contribution in [2.24, 2.45) is 23.2 Å². The number of hydrogen-bond acceptors (Lipinski definition) is 7. The average molecular weight is 482 g/mol. The molecule has 2 bridgehead atoms. The van der Waals surface area contributed by atoms with Crippen molar-refractivity contribution in [2.45, 2.75) is 71.5 Å². The quantitative estimate of drug-likeness (QED) is 0.286. The topological polar surface area (TPSA) is 104 Å². The van der Waals surface area contributed by atoms with Gasteiger partial charge >= 0.3 is 7.12 Å². The summed E-state index contributed by atoms with van der Waals surface area (Å²) in [6.07, 6.45) is 2.99. The van der Waals surface area contributed by atoms with Gasteiger partial charge in [0.15, 0.2) is 0 Å². The molecular weight excluding hydrogens is 439 g/mol. The third-order valence-electron chi connectivity index (χ3n) is 7.85. The highest BCUT2D eigenvalue weighted by molar-refractivity contribution is 6.47. The van der Waals surface area contributed by atoms with Crippen LogP contribution in [0.5, 0.6) is 0 Å². The van der Waals surface area contributed by atoms with Gasteiger partial charge in [0.1, 0.15) is 6.61 Å². The van der Waals surface area contributed by atoms with Crippen LogP contribution in [0.4, 0.5) is 0 Å². The third-order valence-corrected chi connectivity index (χ3v) is 7.85. The van der Waals surface area contributed by atoms with Crippen LogP contribution in [-0.2, 0) is 33.1 Å². The maximum Gasteiger partial charge on any atom is 0.481 e. The molecule has 1 saturated heterocycles. The van der Waals surface area contributed by atoms with E-state index in [1.165, 1.54) is 6.42 Å². The van der Waals surface area contributed by atoms with Crippen molar-refractivity contribution in [1.29, 1.82) is 0 Å². The Labute approximate surface area is 204 Å². The fourth-order valence-corrected chi connectivity index (χ4v) is 5.83. The van der Waals surface area contributed by atoms with Crippen molar-refractivity contribution >= 4 is 18.9 Å². The molecule has 5 atom stereocenters. The summed E-state index contributed by atoms with van der Waals surface area (Å²) in [4.78, 5) is 24.6. The number of hydrogen-bond donors (Lipinski definition) is 2. The van der Waals surface area contributed by atoms with Gasteiger partial charge in [0.25, 0.3) is 0 Å². The summed E-state index contributed by atoms with van der Waals surface area (Å²) in [7, 11) is 1.13. The second-order valence-electron chi connectivity index (χ2n) is 11.1. The molecule has 0 unspecified atom stereocenters. The van der Waals surface area contributed by atoms with E-state index in [2.05, 4.69) is 45.3 Å². The summed E-state index contributed by atoms with van der Waals surface area (Å²) in [6, 6.07) is 0. The Balaban J connectivity index is 1.43. The zero-order valence-corrected chi connectivity index (χ0v) is 21.7. The number of ether oxygens (including phenoxy) is 3. The molecule has 3 saturated carbocycles. The van der Waals surface area contributed by atoms with Crippen LogP contribution < -0.4 is 10.6 Å². The minimum absolute atomic E-state index is 0.0659. The van der Waals surface area contributed by atoms with E-state index in [0.717, 1.165) is 12.8 Å². The van der Waals surface area contributed by atoms with Crippen molar-refractivity contribution in [3.05, 3.63) is 0 Å². The first-order valence-electron chi connectivity index (χ1n) is 12.6. The maximum absolute atomic E-state index is 12.6. The second kappa shape index (κ2) is 11.7. The van der Waals surface area contributed by atoms with Crippen molar-refractivity contribution in [3.8, 4) is 0 Å². The lowest BCUT2D eigenvalue weighted by Gasteiger charge is -2.64. The van der Waals surface area contributed by atoms with Crippen LogP contribution in [0.25, 0.3) is 0 Å². The highest BCUT2D eigenvalue weighted by atomic mass is 16.7. The fraction of sp³-hybridized carbons (Fsp3) is 0.917. The largest absolute Gasteiger partial charge is 0.481 e. The molecule has 0 aromatic carbocycles. The molecule has 0 aromatic rings. The maximum atomic E-state index is 12.6. The summed E-state index contributed by atoms with van der Waals surface area (Å²) in [5.74, 6) is 0.610. The van der Waals surface area contributed by atoms with Gasteiger partial charge < -0.3 is 34.2 Å². The molecule has 34 heavy (non-hydrogen) atoms. The first-order valence-corrected chi connectivity index (χ1v) is 12.6. The molecule has 0 aromatic heterocycles. The predicted molar refractivity (Wildman–Crippen MR) is 128 cm³/mol. The number of methoxy groups -OCH3 is 1. The molecule has 1 aliphatic heterocycles. The van der Waals surface area contributed by atoms with E-state index >= 15 is 0 Å². The molecule has 4 aliphatic rings. The molecule has 0 radical (unpaired) electrons. The Bertz CT molecular complexity index is 707. The lowest BCUT2D eigenvalue weighted by Crippen LogP contribution is -2.65. The second-order valence-corrected chi connectivity index (χ2v) is 11.1. The van der Waals surface area contributed by atoms with E-state index in [9.17, 15) is 9.59 Å². The lowest BCUT2D eigenvalue weighted by molar-refractivity contribution is -0.199. The van der Waals surface area contributed by atoms with Crippen molar-refractivity contribution in [1.82, 2.24) is 10.6 Å².